The number of benzene rings is 4. The molecule has 1 heterocycles. The third-order valence-electron chi connectivity index (χ3n) is 8.04. The minimum atomic E-state index is -2.14. The minimum absolute atomic E-state index is 0.200. The Hall–Kier alpha value is -3.21. The van der Waals surface area contributed by atoms with Crippen LogP contribution in [-0.2, 0) is 19.9 Å². The van der Waals surface area contributed by atoms with E-state index in [4.69, 9.17) is 9.47 Å². The first kappa shape index (κ1) is 25.4. The SMILES string of the molecule is CC(C)OC(=O)[C@]1(c2ccccc2)C[C@H]([Si](C)(C)[C@H](c2ccccc2)c2cccc3ccccc23)CO1. The number of ether oxygens (including phenoxy) is 2. The number of esters is 1. The summed E-state index contributed by atoms with van der Waals surface area (Å²) in [5.74, 6) is -0.276. The molecule has 4 aromatic carbocycles. The largest absolute Gasteiger partial charge is 0.461 e. The van der Waals surface area contributed by atoms with Crippen molar-refractivity contribution in [3.8, 4) is 0 Å². The van der Waals surface area contributed by atoms with Crippen LogP contribution in [0.3, 0.4) is 0 Å². The van der Waals surface area contributed by atoms with Crippen molar-refractivity contribution < 1.29 is 14.3 Å². The summed E-state index contributed by atoms with van der Waals surface area (Å²) in [7, 11) is -2.14. The van der Waals surface area contributed by atoms with E-state index in [-0.39, 0.29) is 23.2 Å². The highest BCUT2D eigenvalue weighted by Crippen LogP contribution is 2.52. The molecule has 3 atom stereocenters. The lowest BCUT2D eigenvalue weighted by Gasteiger charge is -2.39. The van der Waals surface area contributed by atoms with Crippen molar-refractivity contribution in [2.45, 2.75) is 56.1 Å². The molecule has 0 radical (unpaired) electrons. The topological polar surface area (TPSA) is 35.5 Å². The minimum Gasteiger partial charge on any atom is -0.461 e. The summed E-state index contributed by atoms with van der Waals surface area (Å²) in [5.41, 5.74) is 3.02. The lowest BCUT2D eigenvalue weighted by Crippen LogP contribution is -2.43. The van der Waals surface area contributed by atoms with Gasteiger partial charge in [0, 0.05) is 12.1 Å². The molecule has 0 saturated carbocycles. The Kier molecular flexibility index (Phi) is 7.06. The fourth-order valence-electron chi connectivity index (χ4n) is 6.06. The second kappa shape index (κ2) is 10.3. The fraction of sp³-hybridized carbons (Fsp3) is 0.303. The van der Waals surface area contributed by atoms with Gasteiger partial charge in [-0.05, 0) is 53.3 Å². The highest BCUT2D eigenvalue weighted by Gasteiger charge is 2.55. The van der Waals surface area contributed by atoms with Crippen molar-refractivity contribution >= 4 is 24.8 Å². The highest BCUT2D eigenvalue weighted by molar-refractivity contribution is 6.81. The predicted molar refractivity (Wildman–Crippen MR) is 153 cm³/mol. The molecule has 190 valence electrons. The molecule has 0 aromatic heterocycles. The zero-order valence-corrected chi connectivity index (χ0v) is 23.2. The molecule has 37 heavy (non-hydrogen) atoms. The normalized spacial score (nSPS) is 20.7. The van der Waals surface area contributed by atoms with Crippen molar-refractivity contribution in [2.75, 3.05) is 6.61 Å². The quantitative estimate of drug-likeness (QED) is 0.188. The number of hydrogen-bond donors (Lipinski definition) is 0. The Balaban J connectivity index is 1.60. The van der Waals surface area contributed by atoms with Crippen molar-refractivity contribution in [3.63, 3.8) is 0 Å². The van der Waals surface area contributed by atoms with E-state index in [1.165, 1.54) is 21.9 Å². The van der Waals surface area contributed by atoms with Crippen LogP contribution in [0.4, 0.5) is 0 Å². The average molecular weight is 509 g/mol. The molecule has 5 rings (SSSR count). The molecule has 0 spiro atoms. The molecule has 4 heteroatoms. The van der Waals surface area contributed by atoms with Gasteiger partial charge in [-0.2, -0.15) is 0 Å². The summed E-state index contributed by atoms with van der Waals surface area (Å²) < 4.78 is 12.3. The van der Waals surface area contributed by atoms with Gasteiger partial charge >= 0.3 is 5.97 Å². The van der Waals surface area contributed by atoms with E-state index < -0.39 is 13.7 Å². The monoisotopic (exact) mass is 508 g/mol. The number of fused-ring (bicyclic) bond motifs is 1. The van der Waals surface area contributed by atoms with E-state index in [1.807, 2.05) is 44.2 Å². The maximum absolute atomic E-state index is 13.6. The Bertz CT molecular complexity index is 1360. The van der Waals surface area contributed by atoms with Gasteiger partial charge in [-0.3, -0.25) is 0 Å². The van der Waals surface area contributed by atoms with Crippen LogP contribution in [-0.4, -0.2) is 26.8 Å². The fourth-order valence-corrected chi connectivity index (χ4v) is 9.96. The first-order chi connectivity index (χ1) is 17.8. The van der Waals surface area contributed by atoms with E-state index >= 15 is 0 Å². The lowest BCUT2D eigenvalue weighted by atomic mass is 9.90. The summed E-state index contributed by atoms with van der Waals surface area (Å²) in [4.78, 5) is 13.6. The van der Waals surface area contributed by atoms with Gasteiger partial charge in [0.1, 0.15) is 0 Å². The molecule has 1 aliphatic heterocycles. The summed E-state index contributed by atoms with van der Waals surface area (Å²) in [5, 5.41) is 2.56. The predicted octanol–water partition coefficient (Wildman–Crippen LogP) is 7.86. The molecule has 1 fully saturated rings. The van der Waals surface area contributed by atoms with Crippen LogP contribution < -0.4 is 0 Å². The lowest BCUT2D eigenvalue weighted by molar-refractivity contribution is -0.172. The number of rotatable bonds is 7. The molecule has 1 saturated heterocycles. The molecule has 4 aromatic rings. The molecule has 0 bridgehead atoms. The molecule has 0 aliphatic carbocycles. The Morgan fingerprint density at radius 3 is 2.19 bits per heavy atom. The van der Waals surface area contributed by atoms with E-state index in [0.717, 1.165) is 5.56 Å². The number of carbonyl (C=O) groups is 1. The van der Waals surface area contributed by atoms with Crippen LogP contribution in [0.1, 0.15) is 42.5 Å². The zero-order valence-electron chi connectivity index (χ0n) is 22.2. The third kappa shape index (κ3) is 4.76. The third-order valence-corrected chi connectivity index (χ3v) is 12.6. The standard InChI is InChI=1S/C33H36O3Si/c1-24(2)36-32(34)33(27-18-9-6-10-19-27)22-28(23-35-33)37(3,4)31(26-15-7-5-8-16-26)30-21-13-17-25-14-11-12-20-29(25)30/h5-21,24,28,31H,22-23H2,1-4H3/t28-,31+,33+/m0/s1. The molecular weight excluding hydrogens is 472 g/mol. The Morgan fingerprint density at radius 1 is 0.865 bits per heavy atom. The summed E-state index contributed by atoms with van der Waals surface area (Å²) in [6, 6.07) is 36.1. The van der Waals surface area contributed by atoms with Crippen molar-refractivity contribution in [3.05, 3.63) is 120 Å². The van der Waals surface area contributed by atoms with Gasteiger partial charge in [-0.25, -0.2) is 4.79 Å². The molecule has 3 nitrogen and oxygen atoms in total. The van der Waals surface area contributed by atoms with Crippen molar-refractivity contribution in [2.24, 2.45) is 0 Å². The maximum Gasteiger partial charge on any atom is 0.343 e. The Labute approximate surface area is 221 Å². The number of carbonyl (C=O) groups excluding carboxylic acids is 1. The van der Waals surface area contributed by atoms with Crippen LogP contribution in [0.2, 0.25) is 18.6 Å². The average Bonchev–Trinajstić information content (AvgIpc) is 3.38. The summed E-state index contributed by atoms with van der Waals surface area (Å²) in [6.07, 6.45) is 0.435. The van der Waals surface area contributed by atoms with E-state index in [2.05, 4.69) is 85.9 Å². The molecule has 0 unspecified atom stereocenters. The maximum atomic E-state index is 13.6. The summed E-state index contributed by atoms with van der Waals surface area (Å²) in [6.45, 7) is 9.28. The zero-order chi connectivity index (χ0) is 26.0. The van der Waals surface area contributed by atoms with Gasteiger partial charge in [0.2, 0.25) is 0 Å². The van der Waals surface area contributed by atoms with Crippen LogP contribution in [0.15, 0.2) is 103 Å². The first-order valence-corrected chi connectivity index (χ1v) is 16.4. The van der Waals surface area contributed by atoms with Crippen LogP contribution in [0.25, 0.3) is 10.8 Å². The molecule has 0 N–H and O–H groups in total. The molecule has 1 aliphatic rings. The van der Waals surface area contributed by atoms with Gasteiger partial charge < -0.3 is 9.47 Å². The summed E-state index contributed by atoms with van der Waals surface area (Å²) >= 11 is 0. The first-order valence-electron chi connectivity index (χ1n) is 13.3. The Morgan fingerprint density at radius 2 is 1.49 bits per heavy atom. The van der Waals surface area contributed by atoms with Crippen LogP contribution in [0, 0.1) is 0 Å². The molecular formula is C33H36O3Si. The number of hydrogen-bond acceptors (Lipinski definition) is 3. The van der Waals surface area contributed by atoms with Crippen LogP contribution >= 0.6 is 0 Å². The smallest absolute Gasteiger partial charge is 0.343 e. The second-order valence-corrected chi connectivity index (χ2v) is 16.1. The van der Waals surface area contributed by atoms with E-state index in [0.29, 0.717) is 13.0 Å². The van der Waals surface area contributed by atoms with E-state index in [1.54, 1.807) is 0 Å². The molecule has 0 amide bonds. The van der Waals surface area contributed by atoms with Gasteiger partial charge in [-0.15, -0.1) is 0 Å². The second-order valence-electron chi connectivity index (χ2n) is 11.1. The van der Waals surface area contributed by atoms with Crippen molar-refractivity contribution in [1.29, 1.82) is 0 Å². The van der Waals surface area contributed by atoms with Gasteiger partial charge in [0.05, 0.1) is 14.2 Å². The van der Waals surface area contributed by atoms with Gasteiger partial charge in [-0.1, -0.05) is 116 Å². The van der Waals surface area contributed by atoms with Gasteiger partial charge in [0.25, 0.3) is 0 Å². The van der Waals surface area contributed by atoms with Crippen molar-refractivity contribution in [1.82, 2.24) is 0 Å². The van der Waals surface area contributed by atoms with Gasteiger partial charge in [0.15, 0.2) is 5.60 Å². The highest BCUT2D eigenvalue weighted by atomic mass is 28.3. The van der Waals surface area contributed by atoms with E-state index in [9.17, 15) is 4.79 Å². The van der Waals surface area contributed by atoms with Crippen LogP contribution in [0.5, 0.6) is 0 Å².